The number of phenols is 1. The molecule has 77 heavy (non-hydrogen) atoms. The molecular formula is C52H85N13O12. The monoisotopic (exact) mass is 1080 g/mol. The first kappa shape index (κ1) is 66.1. The molecule has 9 atom stereocenters. The summed E-state index contributed by atoms with van der Waals surface area (Å²) >= 11 is 0. The lowest BCUT2D eigenvalue weighted by atomic mass is 9.96. The highest BCUT2D eigenvalue weighted by Crippen LogP contribution is 2.22. The molecule has 1 aromatic carbocycles. The van der Waals surface area contributed by atoms with Crippen LogP contribution in [-0.2, 0) is 54.4 Å². The molecular weight excluding hydrogens is 999 g/mol. The van der Waals surface area contributed by atoms with Crippen molar-refractivity contribution in [2.24, 2.45) is 34.5 Å². The van der Waals surface area contributed by atoms with Gasteiger partial charge < -0.3 is 63.4 Å². The molecule has 1 aromatic rings. The largest absolute Gasteiger partial charge is 0.508 e. The number of phenolic OH excluding ortho intramolecular Hbond substituents is 1. The first-order valence-corrected chi connectivity index (χ1v) is 26.7. The summed E-state index contributed by atoms with van der Waals surface area (Å²) in [4.78, 5) is 140. The molecule has 430 valence electrons. The molecule has 25 heteroatoms. The van der Waals surface area contributed by atoms with E-state index in [1.165, 1.54) is 24.0 Å². The van der Waals surface area contributed by atoms with Gasteiger partial charge in [-0.2, -0.15) is 0 Å². The van der Waals surface area contributed by atoms with Gasteiger partial charge in [0.25, 0.3) is 0 Å². The molecule has 0 bridgehead atoms. The zero-order valence-corrected chi connectivity index (χ0v) is 46.2. The minimum Gasteiger partial charge on any atom is -0.508 e. The fourth-order valence-corrected chi connectivity index (χ4v) is 8.65. The predicted octanol–water partition coefficient (Wildman–Crippen LogP) is 1.55. The van der Waals surface area contributed by atoms with Crippen molar-refractivity contribution in [1.29, 1.82) is 0 Å². The van der Waals surface area contributed by atoms with Gasteiger partial charge in [-0.3, -0.25) is 47.9 Å². The summed E-state index contributed by atoms with van der Waals surface area (Å²) in [5, 5.41) is 44.7. The van der Waals surface area contributed by atoms with E-state index in [4.69, 9.17) is 11.3 Å². The standard InChI is InChI=1S/C52H85N13O12/c1-10-32(8)44(57-33(9)66)51(76)60-38(27-29(2)3)46(71)58-36(15-11-12-23-53)45(70)59-37(21-22-41(68)69)52(77)65-26-13-16-40(65)48(73)63-43(31(6)7)50(75)61-39(28-34-17-19-35(67)20-18-34)47(72)62-42(30(4)5)49(74)55-24-14-25-56-64-54/h17-20,29-32,36-40,42-44,67H,10-16,21-28,53H2,1-9H3,(H,55,74)(H,57,66)(H,58,71)(H,59,70)(H,60,76)(H,61,75)(H,62,72)(H,63,73)(H,68,69)/t32-,36-,37-,38-,39-,40-,42-,43-,44-/m0/s1. The van der Waals surface area contributed by atoms with Crippen LogP contribution < -0.4 is 48.3 Å². The molecule has 0 spiro atoms. The SMILES string of the molecule is CC[C@H](C)[C@H](NC(C)=O)C(=O)N[C@@H](CC(C)C)C(=O)N[C@@H](CCCCN)C(=O)N[C@@H](CCC(=O)O)C(=O)N1CCC[C@H]1C(=O)N[C@H](C(=O)N[C@@H](Cc1ccc(O)cc1)C(=O)N[C@H](C(=O)NCCCN=[N+]=[N-])C(C)C)C(C)C. The lowest BCUT2D eigenvalue weighted by molar-refractivity contribution is -0.144. The number of nitrogens with zero attached hydrogens (tertiary/aromatic N) is 4. The van der Waals surface area contributed by atoms with Gasteiger partial charge in [0, 0.05) is 44.3 Å². The number of amides is 9. The zero-order valence-electron chi connectivity index (χ0n) is 46.2. The maximum atomic E-state index is 14.5. The van der Waals surface area contributed by atoms with E-state index in [1.54, 1.807) is 46.8 Å². The molecule has 12 N–H and O–H groups in total. The second-order valence-electron chi connectivity index (χ2n) is 20.8. The second-order valence-corrected chi connectivity index (χ2v) is 20.8. The molecule has 0 unspecified atom stereocenters. The van der Waals surface area contributed by atoms with Crippen molar-refractivity contribution in [3.05, 3.63) is 40.3 Å². The van der Waals surface area contributed by atoms with Crippen LogP contribution >= 0.6 is 0 Å². The number of carbonyl (C=O) groups is 10. The maximum Gasteiger partial charge on any atom is 0.303 e. The average Bonchev–Trinajstić information content (AvgIpc) is 3.87. The summed E-state index contributed by atoms with van der Waals surface area (Å²) in [6, 6.07) is -3.69. The summed E-state index contributed by atoms with van der Waals surface area (Å²) < 4.78 is 0. The molecule has 1 fully saturated rings. The fourth-order valence-electron chi connectivity index (χ4n) is 8.65. The highest BCUT2D eigenvalue weighted by molar-refractivity contribution is 5.98. The number of aromatic hydroxyl groups is 1. The van der Waals surface area contributed by atoms with Gasteiger partial charge in [-0.25, -0.2) is 0 Å². The third kappa shape index (κ3) is 23.0. The molecule has 1 saturated heterocycles. The minimum absolute atomic E-state index is 0.0333. The molecule has 0 saturated carbocycles. The van der Waals surface area contributed by atoms with Crippen molar-refractivity contribution in [1.82, 2.24) is 47.4 Å². The first-order valence-electron chi connectivity index (χ1n) is 26.7. The summed E-state index contributed by atoms with van der Waals surface area (Å²) in [6.07, 6.45) is 1.38. The van der Waals surface area contributed by atoms with Crippen LogP contribution in [0.3, 0.4) is 0 Å². The molecule has 2 rings (SSSR count). The number of hydrogen-bond acceptors (Lipinski definition) is 13. The van der Waals surface area contributed by atoms with Gasteiger partial charge in [-0.15, -0.1) is 0 Å². The topological polar surface area (TPSA) is 385 Å². The van der Waals surface area contributed by atoms with E-state index in [9.17, 15) is 58.2 Å². The summed E-state index contributed by atoms with van der Waals surface area (Å²) in [5.41, 5.74) is 14.9. The zero-order chi connectivity index (χ0) is 57.9. The number of carboxylic acid groups (broad SMARTS) is 1. The van der Waals surface area contributed by atoms with Crippen molar-refractivity contribution in [2.45, 2.75) is 181 Å². The van der Waals surface area contributed by atoms with Gasteiger partial charge >= 0.3 is 5.97 Å². The van der Waals surface area contributed by atoms with Crippen molar-refractivity contribution in [2.75, 3.05) is 26.2 Å². The quantitative estimate of drug-likeness (QED) is 0.0202. The Balaban J connectivity index is 2.42. The van der Waals surface area contributed by atoms with Gasteiger partial charge in [0.15, 0.2) is 0 Å². The number of carboxylic acids is 1. The Morgan fingerprint density at radius 1 is 0.714 bits per heavy atom. The van der Waals surface area contributed by atoms with E-state index >= 15 is 0 Å². The number of rotatable bonds is 34. The van der Waals surface area contributed by atoms with Gasteiger partial charge in [0.05, 0.1) is 0 Å². The summed E-state index contributed by atoms with van der Waals surface area (Å²) in [7, 11) is 0. The number of aliphatic carboxylic acids is 1. The van der Waals surface area contributed by atoms with Crippen LogP contribution in [0, 0.1) is 23.7 Å². The first-order chi connectivity index (χ1) is 36.3. The van der Waals surface area contributed by atoms with Crippen molar-refractivity contribution >= 4 is 59.1 Å². The average molecular weight is 1080 g/mol. The van der Waals surface area contributed by atoms with E-state index in [-0.39, 0.29) is 69.4 Å². The third-order valence-corrected chi connectivity index (χ3v) is 13.2. The number of nitrogens with two attached hydrogens (primary N) is 1. The van der Waals surface area contributed by atoms with Crippen LogP contribution in [0.15, 0.2) is 29.4 Å². The second kappa shape index (κ2) is 33.9. The van der Waals surface area contributed by atoms with Gasteiger partial charge in [0.2, 0.25) is 53.2 Å². The Labute approximate surface area is 451 Å². The highest BCUT2D eigenvalue weighted by atomic mass is 16.4. The summed E-state index contributed by atoms with van der Waals surface area (Å²) in [6.45, 7) is 16.0. The number of carbonyl (C=O) groups excluding carboxylic acids is 9. The Kier molecular flexibility index (Phi) is 29.1. The Hall–Kier alpha value is -7.01. The minimum atomic E-state index is -1.49. The van der Waals surface area contributed by atoms with Crippen LogP contribution in [0.4, 0.5) is 0 Å². The number of unbranched alkanes of at least 4 members (excludes halogenated alkanes) is 1. The van der Waals surface area contributed by atoms with Crippen molar-refractivity contribution in [3.8, 4) is 5.75 Å². The normalized spacial score (nSPS) is 16.3. The number of nitrogens with one attached hydrogen (secondary N) is 8. The lowest BCUT2D eigenvalue weighted by Crippen LogP contribution is -2.61. The number of likely N-dealkylation sites (tertiary alicyclic amines) is 1. The van der Waals surface area contributed by atoms with Crippen LogP contribution in [0.2, 0.25) is 0 Å². The third-order valence-electron chi connectivity index (χ3n) is 13.2. The number of benzene rings is 1. The molecule has 0 aromatic heterocycles. The Bertz CT molecular complexity index is 2200. The van der Waals surface area contributed by atoms with Crippen molar-refractivity contribution in [3.63, 3.8) is 0 Å². The van der Waals surface area contributed by atoms with Gasteiger partial charge in [0.1, 0.15) is 54.1 Å². The lowest BCUT2D eigenvalue weighted by Gasteiger charge is -2.32. The van der Waals surface area contributed by atoms with Crippen LogP contribution in [-0.4, -0.2) is 149 Å². The fraction of sp³-hybridized carbons (Fsp3) is 0.692. The molecule has 1 aliphatic heterocycles. The molecule has 0 radical (unpaired) electrons. The van der Waals surface area contributed by atoms with Crippen LogP contribution in [0.5, 0.6) is 5.75 Å². The molecule has 1 aliphatic rings. The van der Waals surface area contributed by atoms with Crippen LogP contribution in [0.25, 0.3) is 10.4 Å². The van der Waals surface area contributed by atoms with E-state index in [1.807, 2.05) is 20.8 Å². The van der Waals surface area contributed by atoms with Crippen molar-refractivity contribution < 1.29 is 58.2 Å². The van der Waals surface area contributed by atoms with Crippen LogP contribution in [0.1, 0.15) is 132 Å². The van der Waals surface area contributed by atoms with E-state index in [0.29, 0.717) is 37.7 Å². The van der Waals surface area contributed by atoms with E-state index in [0.717, 1.165) is 0 Å². The van der Waals surface area contributed by atoms with Gasteiger partial charge in [-0.05, 0) is 105 Å². The maximum absolute atomic E-state index is 14.5. The van der Waals surface area contributed by atoms with E-state index < -0.39 is 132 Å². The molecule has 9 amide bonds. The molecule has 1 heterocycles. The molecule has 25 nitrogen and oxygen atoms in total. The number of hydrogen-bond donors (Lipinski definition) is 11. The number of azide groups is 1. The predicted molar refractivity (Wildman–Crippen MR) is 286 cm³/mol. The smallest absolute Gasteiger partial charge is 0.303 e. The van der Waals surface area contributed by atoms with Gasteiger partial charge in [-0.1, -0.05) is 79.1 Å². The molecule has 0 aliphatic carbocycles. The van der Waals surface area contributed by atoms with E-state index in [2.05, 4.69) is 52.6 Å². The Morgan fingerprint density at radius 2 is 1.29 bits per heavy atom. The Morgan fingerprint density at radius 3 is 1.86 bits per heavy atom. The summed E-state index contributed by atoms with van der Waals surface area (Å²) in [5.74, 6) is -8.72. The highest BCUT2D eigenvalue weighted by Gasteiger charge is 2.41.